The van der Waals surface area contributed by atoms with Crippen LogP contribution in [-0.2, 0) is 11.3 Å². The van der Waals surface area contributed by atoms with Gasteiger partial charge in [0.05, 0.1) is 0 Å². The zero-order valence-electron chi connectivity index (χ0n) is 8.07. The molecule has 4 heteroatoms. The lowest BCUT2D eigenvalue weighted by atomic mass is 10.2. The van der Waals surface area contributed by atoms with Gasteiger partial charge in [0.25, 0.3) is 0 Å². The number of hydrogen-bond donors (Lipinski definition) is 1. The fourth-order valence-corrected chi connectivity index (χ4v) is 1.09. The summed E-state index contributed by atoms with van der Waals surface area (Å²) in [4.78, 5) is 11.1. The van der Waals surface area contributed by atoms with Crippen molar-refractivity contribution in [1.29, 1.82) is 0 Å². The Hall–Kier alpha value is -1.08. The maximum absolute atomic E-state index is 11.1. The first-order valence-corrected chi connectivity index (χ1v) is 5.08. The molecule has 0 saturated heterocycles. The molecule has 0 saturated carbocycles. The summed E-state index contributed by atoms with van der Waals surface area (Å²) in [5.41, 5.74) is 0.985. The summed E-state index contributed by atoms with van der Waals surface area (Å²) in [6.45, 7) is 2.17. The van der Waals surface area contributed by atoms with Gasteiger partial charge in [-0.05, 0) is 12.5 Å². The zero-order valence-corrected chi connectivity index (χ0v) is 9.22. The van der Waals surface area contributed by atoms with E-state index in [1.54, 1.807) is 0 Å². The van der Waals surface area contributed by atoms with Crippen LogP contribution in [0.25, 0.3) is 0 Å². The minimum absolute atomic E-state index is 0.0262. The lowest BCUT2D eigenvalue weighted by molar-refractivity contribution is 0.139. The molecule has 0 aromatic heterocycles. The zero-order chi connectivity index (χ0) is 10.4. The number of alkyl carbamates (subject to hydrolysis) is 1. The average molecular weight is 211 g/mol. The van der Waals surface area contributed by atoms with Crippen molar-refractivity contribution >= 4 is 15.3 Å². The molecule has 3 nitrogen and oxygen atoms in total. The van der Waals surface area contributed by atoms with Gasteiger partial charge in [-0.2, -0.15) is 0 Å². The summed E-state index contributed by atoms with van der Waals surface area (Å²) < 4.78 is 4.98. The molecule has 0 fully saturated rings. The van der Waals surface area contributed by atoms with E-state index in [1.807, 2.05) is 37.3 Å². The number of rotatable bonds is 3. The highest BCUT2D eigenvalue weighted by molar-refractivity contribution is 7.17. The third-order valence-electron chi connectivity index (χ3n) is 1.56. The predicted molar refractivity (Wildman–Crippen MR) is 58.9 cm³/mol. The minimum atomic E-state index is -0.392. The van der Waals surface area contributed by atoms with E-state index in [4.69, 9.17) is 4.74 Å². The van der Waals surface area contributed by atoms with E-state index in [2.05, 4.69) is 14.6 Å². The number of carbonyl (C=O) groups is 1. The third-order valence-corrected chi connectivity index (χ3v) is 1.72. The molecule has 0 heterocycles. The van der Waals surface area contributed by atoms with Crippen molar-refractivity contribution in [3.8, 4) is 0 Å². The van der Waals surface area contributed by atoms with Gasteiger partial charge in [0.1, 0.15) is 6.61 Å². The first-order valence-electron chi connectivity index (χ1n) is 4.41. The molecule has 0 radical (unpaired) electrons. The van der Waals surface area contributed by atoms with Crippen LogP contribution in [0.3, 0.4) is 0 Å². The highest BCUT2D eigenvalue weighted by Crippen LogP contribution is 2.01. The molecule has 2 unspecified atom stereocenters. The molecule has 1 aromatic carbocycles. The quantitative estimate of drug-likeness (QED) is 0.778. The summed E-state index contributed by atoms with van der Waals surface area (Å²) in [6.07, 6.45) is -0.392. The molecule has 1 aromatic rings. The number of carbonyl (C=O) groups excluding carboxylic acids is 1. The fourth-order valence-electron chi connectivity index (χ4n) is 0.951. The van der Waals surface area contributed by atoms with Crippen LogP contribution in [0.15, 0.2) is 30.3 Å². The van der Waals surface area contributed by atoms with Gasteiger partial charge >= 0.3 is 6.09 Å². The van der Waals surface area contributed by atoms with E-state index in [0.29, 0.717) is 6.61 Å². The molecule has 0 aliphatic carbocycles. The van der Waals surface area contributed by atoms with Gasteiger partial charge in [-0.1, -0.05) is 30.3 Å². The molecule has 0 bridgehead atoms. The molecule has 0 spiro atoms. The van der Waals surface area contributed by atoms with E-state index in [0.717, 1.165) is 5.56 Å². The average Bonchev–Trinajstić information content (AvgIpc) is 2.15. The van der Waals surface area contributed by atoms with Crippen LogP contribution in [0, 0.1) is 0 Å². The Labute approximate surface area is 86.0 Å². The minimum Gasteiger partial charge on any atom is -0.445 e. The standard InChI is InChI=1S/C10H14NO2P/c1-8(14)11-10(12)13-7-9-5-3-2-4-6-9/h2-6,8H,7,14H2,1H3,(H,11,12). The summed E-state index contributed by atoms with van der Waals surface area (Å²) in [5.74, 6) is 0.0262. The fraction of sp³-hybridized carbons (Fsp3) is 0.300. The maximum atomic E-state index is 11.1. The molecule has 0 aliphatic heterocycles. The molecule has 0 aliphatic rings. The molecule has 1 rings (SSSR count). The van der Waals surface area contributed by atoms with Crippen molar-refractivity contribution in [2.45, 2.75) is 19.3 Å². The number of hydrogen-bond acceptors (Lipinski definition) is 2. The van der Waals surface area contributed by atoms with E-state index < -0.39 is 6.09 Å². The maximum Gasteiger partial charge on any atom is 0.407 e. The normalized spacial score (nSPS) is 11.9. The Bertz CT molecular complexity index is 287. The third kappa shape index (κ3) is 4.24. The Morgan fingerprint density at radius 2 is 2.14 bits per heavy atom. The summed E-state index contributed by atoms with van der Waals surface area (Å²) in [7, 11) is 2.47. The highest BCUT2D eigenvalue weighted by Gasteiger charge is 2.03. The van der Waals surface area contributed by atoms with Crippen molar-refractivity contribution in [3.63, 3.8) is 0 Å². The first kappa shape index (κ1) is 11.0. The van der Waals surface area contributed by atoms with Gasteiger partial charge in [0.2, 0.25) is 0 Å². The van der Waals surface area contributed by atoms with Gasteiger partial charge in [0.15, 0.2) is 0 Å². The van der Waals surface area contributed by atoms with E-state index >= 15 is 0 Å². The number of nitrogens with one attached hydrogen (secondary N) is 1. The van der Waals surface area contributed by atoms with Crippen LogP contribution in [-0.4, -0.2) is 11.9 Å². The number of ether oxygens (including phenoxy) is 1. The largest absolute Gasteiger partial charge is 0.445 e. The molecular formula is C10H14NO2P. The highest BCUT2D eigenvalue weighted by atomic mass is 31.0. The summed E-state index contributed by atoms with van der Waals surface area (Å²) >= 11 is 0. The van der Waals surface area contributed by atoms with Crippen molar-refractivity contribution < 1.29 is 9.53 Å². The van der Waals surface area contributed by atoms with E-state index in [1.165, 1.54) is 0 Å². The van der Waals surface area contributed by atoms with Crippen LogP contribution in [0.2, 0.25) is 0 Å². The Kier molecular flexibility index (Phi) is 4.41. The topological polar surface area (TPSA) is 38.3 Å². The monoisotopic (exact) mass is 211 g/mol. The van der Waals surface area contributed by atoms with Crippen molar-refractivity contribution in [1.82, 2.24) is 5.32 Å². The summed E-state index contributed by atoms with van der Waals surface area (Å²) in [5, 5.41) is 2.61. The Morgan fingerprint density at radius 1 is 1.50 bits per heavy atom. The van der Waals surface area contributed by atoms with Gasteiger partial charge in [-0.25, -0.2) is 4.79 Å². The summed E-state index contributed by atoms with van der Waals surface area (Å²) in [6, 6.07) is 9.58. The second-order valence-corrected chi connectivity index (χ2v) is 3.99. The molecule has 1 N–H and O–H groups in total. The van der Waals surface area contributed by atoms with Gasteiger partial charge in [0, 0.05) is 5.78 Å². The van der Waals surface area contributed by atoms with Crippen LogP contribution in [0.5, 0.6) is 0 Å². The Morgan fingerprint density at radius 3 is 2.71 bits per heavy atom. The van der Waals surface area contributed by atoms with Crippen molar-refractivity contribution in [3.05, 3.63) is 35.9 Å². The molecular weight excluding hydrogens is 197 g/mol. The van der Waals surface area contributed by atoms with Gasteiger partial charge < -0.3 is 10.1 Å². The lowest BCUT2D eigenvalue weighted by Gasteiger charge is -2.08. The van der Waals surface area contributed by atoms with E-state index in [9.17, 15) is 4.79 Å². The Balaban J connectivity index is 2.31. The van der Waals surface area contributed by atoms with Crippen molar-refractivity contribution in [2.24, 2.45) is 0 Å². The van der Waals surface area contributed by atoms with Gasteiger partial charge in [-0.3, -0.25) is 0 Å². The molecule has 76 valence electrons. The lowest BCUT2D eigenvalue weighted by Crippen LogP contribution is -2.28. The number of amides is 1. The van der Waals surface area contributed by atoms with Crippen LogP contribution in [0.4, 0.5) is 4.79 Å². The first-order chi connectivity index (χ1) is 6.68. The predicted octanol–water partition coefficient (Wildman–Crippen LogP) is 2.13. The van der Waals surface area contributed by atoms with Crippen LogP contribution in [0.1, 0.15) is 12.5 Å². The number of benzene rings is 1. The molecule has 1 amide bonds. The second-order valence-electron chi connectivity index (χ2n) is 2.99. The van der Waals surface area contributed by atoms with Crippen LogP contribution < -0.4 is 5.32 Å². The van der Waals surface area contributed by atoms with Crippen LogP contribution >= 0.6 is 9.24 Å². The second kappa shape index (κ2) is 5.61. The van der Waals surface area contributed by atoms with E-state index in [-0.39, 0.29) is 5.78 Å². The SMILES string of the molecule is CC(P)NC(=O)OCc1ccccc1. The van der Waals surface area contributed by atoms with Gasteiger partial charge in [-0.15, -0.1) is 9.24 Å². The molecule has 14 heavy (non-hydrogen) atoms. The van der Waals surface area contributed by atoms with Crippen molar-refractivity contribution in [2.75, 3.05) is 0 Å². The smallest absolute Gasteiger partial charge is 0.407 e. The molecule has 2 atom stereocenters.